The molecule has 0 saturated carbocycles. The van der Waals surface area contributed by atoms with E-state index in [2.05, 4.69) is 14.7 Å². The molecule has 2 N–H and O–H groups in total. The molecule has 3 heterocycles. The van der Waals surface area contributed by atoms with Gasteiger partial charge in [0.1, 0.15) is 11.4 Å². The van der Waals surface area contributed by atoms with Crippen LogP contribution in [0.3, 0.4) is 0 Å². The Bertz CT molecular complexity index is 2040. The average Bonchev–Trinajstić information content (AvgIpc) is 3.26. The highest BCUT2D eigenvalue weighted by atomic mass is 16.6. The molecular formula is C42H59N9O11. The van der Waals surface area contributed by atoms with Gasteiger partial charge in [-0.3, -0.25) is 29.8 Å². The van der Waals surface area contributed by atoms with Gasteiger partial charge in [0.15, 0.2) is 11.5 Å². The van der Waals surface area contributed by atoms with Crippen molar-refractivity contribution in [3.63, 3.8) is 0 Å². The number of piperazine rings is 3. The third-order valence-electron chi connectivity index (χ3n) is 10.4. The Hall–Kier alpha value is -6.73. The van der Waals surface area contributed by atoms with Gasteiger partial charge >= 0.3 is 17.5 Å². The molecule has 20 heteroatoms. The van der Waals surface area contributed by atoms with Gasteiger partial charge in [-0.2, -0.15) is 0 Å². The van der Waals surface area contributed by atoms with Crippen LogP contribution >= 0.6 is 0 Å². The number of nitro groups is 2. The molecule has 0 spiro atoms. The van der Waals surface area contributed by atoms with Crippen molar-refractivity contribution in [2.24, 2.45) is 0 Å². The van der Waals surface area contributed by atoms with Gasteiger partial charge in [0.2, 0.25) is 11.8 Å². The summed E-state index contributed by atoms with van der Waals surface area (Å²) in [5.41, 5.74) is 8.61. The van der Waals surface area contributed by atoms with Crippen molar-refractivity contribution < 1.29 is 43.2 Å². The number of ether oxygens (including phenoxy) is 4. The standard InChI is InChI=1S/C16H23N3O5.C13H17N3O4.C13H19N3O2/c1-16(2,3)24-15(20)18-9-7-17(8-10-18)12-5-6-13(19(21)22)14(11-12)23-4;1-10(17)14-5-7-15(8-6-14)11-3-4-12(16(18)19)13(9-11)20-2;1-10(17)15-5-7-16(8-6-15)11-3-4-12(14)13(9-11)18-2/h5-6,11H,7-10H2,1-4H3;3-4,9H,5-8H2,1-2H3;3-4,9H,5-8,14H2,1-2H3. The minimum absolute atomic E-state index is 0.0429. The molecule has 3 fully saturated rings. The fraction of sp³-hybridized carbons (Fsp3) is 0.500. The van der Waals surface area contributed by atoms with Gasteiger partial charge in [-0.25, -0.2) is 4.79 Å². The molecule has 0 radical (unpaired) electrons. The Morgan fingerprint density at radius 1 is 0.548 bits per heavy atom. The number of amides is 3. The average molecular weight is 866 g/mol. The zero-order chi connectivity index (χ0) is 45.7. The predicted molar refractivity (Wildman–Crippen MR) is 236 cm³/mol. The van der Waals surface area contributed by atoms with E-state index in [1.54, 1.807) is 55.0 Å². The van der Waals surface area contributed by atoms with E-state index in [1.165, 1.54) is 26.4 Å². The van der Waals surface area contributed by atoms with Gasteiger partial charge in [-0.1, -0.05) is 0 Å². The largest absolute Gasteiger partial charge is 0.495 e. The lowest BCUT2D eigenvalue weighted by atomic mass is 10.2. The van der Waals surface area contributed by atoms with Gasteiger partial charge in [0, 0.05) is 140 Å². The first kappa shape index (κ1) is 47.9. The van der Waals surface area contributed by atoms with Crippen molar-refractivity contribution in [1.29, 1.82) is 0 Å². The Morgan fingerprint density at radius 3 is 1.18 bits per heavy atom. The molecular weight excluding hydrogens is 807 g/mol. The molecule has 338 valence electrons. The number of benzene rings is 3. The summed E-state index contributed by atoms with van der Waals surface area (Å²) in [7, 11) is 4.44. The van der Waals surface area contributed by atoms with Gasteiger partial charge in [-0.05, 0) is 45.0 Å². The second-order valence-electron chi connectivity index (χ2n) is 15.6. The number of hydrogen-bond acceptors (Lipinski definition) is 15. The summed E-state index contributed by atoms with van der Waals surface area (Å²) in [6, 6.07) is 15.4. The Kier molecular flexibility index (Phi) is 16.8. The number of nitrogen functional groups attached to an aromatic ring is 1. The molecule has 3 saturated heterocycles. The summed E-state index contributed by atoms with van der Waals surface area (Å²) in [6.07, 6.45) is -0.316. The second-order valence-corrected chi connectivity index (χ2v) is 15.6. The maximum Gasteiger partial charge on any atom is 0.410 e. The molecule has 0 atom stereocenters. The van der Waals surface area contributed by atoms with Crippen LogP contribution in [0, 0.1) is 20.2 Å². The van der Waals surface area contributed by atoms with Crippen LogP contribution in [-0.2, 0) is 14.3 Å². The van der Waals surface area contributed by atoms with Crippen molar-refractivity contribution >= 4 is 52.0 Å². The maximum atomic E-state index is 12.1. The highest BCUT2D eigenvalue weighted by Gasteiger charge is 2.27. The van der Waals surface area contributed by atoms with E-state index in [-0.39, 0.29) is 40.8 Å². The number of hydrogen-bond donors (Lipinski definition) is 1. The van der Waals surface area contributed by atoms with Crippen LogP contribution in [0.25, 0.3) is 0 Å². The zero-order valence-electron chi connectivity index (χ0n) is 36.8. The first-order valence-electron chi connectivity index (χ1n) is 20.2. The number of methoxy groups -OCH3 is 3. The van der Waals surface area contributed by atoms with Crippen LogP contribution in [0.5, 0.6) is 17.2 Å². The van der Waals surface area contributed by atoms with E-state index in [9.17, 15) is 34.6 Å². The summed E-state index contributed by atoms with van der Waals surface area (Å²) < 4.78 is 20.8. The van der Waals surface area contributed by atoms with Gasteiger partial charge in [-0.15, -0.1) is 0 Å². The third-order valence-corrected chi connectivity index (χ3v) is 10.4. The normalized spacial score (nSPS) is 15.3. The summed E-state index contributed by atoms with van der Waals surface area (Å²) in [6.45, 7) is 17.0. The van der Waals surface area contributed by atoms with Crippen LogP contribution < -0.4 is 34.6 Å². The minimum Gasteiger partial charge on any atom is -0.495 e. The quantitative estimate of drug-likeness (QED) is 0.181. The van der Waals surface area contributed by atoms with Crippen LogP contribution in [0.15, 0.2) is 54.6 Å². The van der Waals surface area contributed by atoms with Crippen molar-refractivity contribution in [2.75, 3.05) is 120 Å². The highest BCUT2D eigenvalue weighted by Crippen LogP contribution is 2.33. The first-order chi connectivity index (χ1) is 29.3. The lowest BCUT2D eigenvalue weighted by molar-refractivity contribution is -0.385. The SMILES string of the molecule is COc1cc(N2CCN(C(=O)OC(C)(C)C)CC2)ccc1[N+](=O)[O-].COc1cc(N2CCN(C(C)=O)CC2)ccc1N.COc1cc(N2CCN(C(C)=O)CC2)ccc1[N+](=O)[O-]. The summed E-state index contributed by atoms with van der Waals surface area (Å²) >= 11 is 0. The minimum atomic E-state index is -0.514. The summed E-state index contributed by atoms with van der Waals surface area (Å²) in [5, 5.41) is 21.8. The van der Waals surface area contributed by atoms with Crippen LogP contribution in [0.2, 0.25) is 0 Å². The van der Waals surface area contributed by atoms with Crippen molar-refractivity contribution in [3.05, 3.63) is 74.8 Å². The molecule has 3 aromatic carbocycles. The van der Waals surface area contributed by atoms with Gasteiger partial charge in [0.25, 0.3) is 0 Å². The second kappa shape index (κ2) is 21.7. The Labute approximate surface area is 361 Å². The fourth-order valence-corrected chi connectivity index (χ4v) is 6.96. The lowest BCUT2D eigenvalue weighted by Gasteiger charge is -2.36. The maximum absolute atomic E-state index is 12.1. The molecule has 3 aliphatic rings. The van der Waals surface area contributed by atoms with E-state index >= 15 is 0 Å². The molecule has 3 aliphatic heterocycles. The van der Waals surface area contributed by atoms with Crippen LogP contribution in [0.1, 0.15) is 34.6 Å². The summed E-state index contributed by atoms with van der Waals surface area (Å²) in [4.78, 5) is 67.2. The zero-order valence-corrected chi connectivity index (χ0v) is 36.8. The number of carbonyl (C=O) groups excluding carboxylic acids is 3. The van der Waals surface area contributed by atoms with Crippen molar-refractivity contribution in [1.82, 2.24) is 14.7 Å². The van der Waals surface area contributed by atoms with Crippen molar-refractivity contribution in [2.45, 2.75) is 40.2 Å². The van der Waals surface area contributed by atoms with E-state index in [0.717, 1.165) is 43.2 Å². The summed E-state index contributed by atoms with van der Waals surface area (Å²) in [5.74, 6) is 1.39. The number of nitrogens with zero attached hydrogens (tertiary/aromatic N) is 8. The molecule has 0 aromatic heterocycles. The van der Waals surface area contributed by atoms with E-state index in [0.29, 0.717) is 63.8 Å². The Balaban J connectivity index is 0.000000207. The molecule has 0 bridgehead atoms. The van der Waals surface area contributed by atoms with E-state index in [4.69, 9.17) is 24.7 Å². The van der Waals surface area contributed by atoms with Gasteiger partial charge in [0.05, 0.1) is 36.9 Å². The smallest absolute Gasteiger partial charge is 0.410 e. The van der Waals surface area contributed by atoms with Gasteiger partial charge < -0.3 is 54.1 Å². The van der Waals surface area contributed by atoms with Crippen molar-refractivity contribution in [3.8, 4) is 17.2 Å². The molecule has 20 nitrogen and oxygen atoms in total. The molecule has 62 heavy (non-hydrogen) atoms. The molecule has 0 unspecified atom stereocenters. The molecule has 3 amide bonds. The third kappa shape index (κ3) is 13.1. The predicted octanol–water partition coefficient (Wildman–Crippen LogP) is 4.88. The Morgan fingerprint density at radius 2 is 0.871 bits per heavy atom. The molecule has 3 aromatic rings. The molecule has 0 aliphatic carbocycles. The number of carbonyl (C=O) groups is 3. The first-order valence-corrected chi connectivity index (χ1v) is 20.2. The topological polar surface area (TPSA) is 220 Å². The number of anilines is 4. The molecule has 6 rings (SSSR count). The van der Waals surface area contributed by atoms with Crippen LogP contribution in [0.4, 0.5) is 38.9 Å². The number of nitro benzene ring substituents is 2. The lowest BCUT2D eigenvalue weighted by Crippen LogP contribution is -2.50. The number of nitrogens with two attached hydrogens (primary N) is 1. The monoisotopic (exact) mass is 865 g/mol. The van der Waals surface area contributed by atoms with Crippen LogP contribution in [-0.4, -0.2) is 148 Å². The highest BCUT2D eigenvalue weighted by molar-refractivity contribution is 5.74. The van der Waals surface area contributed by atoms with E-state index in [1.807, 2.05) is 43.9 Å². The fourth-order valence-electron chi connectivity index (χ4n) is 6.96. The number of rotatable bonds is 8. The van der Waals surface area contributed by atoms with E-state index < -0.39 is 15.4 Å².